The molecule has 2 rings (SSSR count). The average Bonchev–Trinajstić information content (AvgIpc) is 2.12. The van der Waals surface area contributed by atoms with Crippen LogP contribution in [-0.4, -0.2) is 10.2 Å². The van der Waals surface area contributed by atoms with Gasteiger partial charge in [-0.05, 0) is 12.1 Å². The molecule has 0 spiro atoms. The highest BCUT2D eigenvalue weighted by Crippen LogP contribution is 2.09. The van der Waals surface area contributed by atoms with Crippen LogP contribution in [-0.2, 0) is 0 Å². The van der Waals surface area contributed by atoms with Gasteiger partial charge in [-0.2, -0.15) is 5.10 Å². The number of rotatable bonds is 0. The van der Waals surface area contributed by atoms with Gasteiger partial charge in [0.15, 0.2) is 5.82 Å². The largest absolute Gasteiger partial charge is 0.300 e. The van der Waals surface area contributed by atoms with E-state index in [4.69, 9.17) is 0 Å². The van der Waals surface area contributed by atoms with E-state index in [1.165, 1.54) is 6.07 Å². The van der Waals surface area contributed by atoms with Crippen molar-refractivity contribution in [2.75, 3.05) is 0 Å². The molecule has 0 bridgehead atoms. The number of aromatic amines is 1. The maximum Gasteiger partial charge on any atom is 0.300 e. The summed E-state index contributed by atoms with van der Waals surface area (Å²) in [6.07, 6.45) is 0. The topological polar surface area (TPSA) is 45.8 Å². The number of H-pyrrole nitrogens is 1. The molecule has 1 heterocycles. The van der Waals surface area contributed by atoms with Crippen LogP contribution in [0.3, 0.4) is 0 Å². The Balaban J connectivity index is 3.01. The fourth-order valence-electron chi connectivity index (χ4n) is 1.04. The molecular formula is C8H5FN2O. The molecular weight excluding hydrogens is 159 g/mol. The van der Waals surface area contributed by atoms with Gasteiger partial charge in [-0.1, -0.05) is 12.1 Å². The number of benzene rings is 1. The molecule has 0 saturated heterocycles. The van der Waals surface area contributed by atoms with Gasteiger partial charge < -0.3 is 0 Å². The van der Waals surface area contributed by atoms with Crippen molar-refractivity contribution in [1.29, 1.82) is 0 Å². The first kappa shape index (κ1) is 6.97. The normalized spacial score (nSPS) is 10.4. The molecule has 0 fully saturated rings. The molecule has 0 radical (unpaired) electrons. The smallest absolute Gasteiger partial charge is 0.265 e. The number of nitrogens with one attached hydrogen (secondary N) is 1. The summed E-state index contributed by atoms with van der Waals surface area (Å²) in [5.74, 6) is -0.777. The van der Waals surface area contributed by atoms with Gasteiger partial charge in [-0.15, -0.1) is 0 Å². The predicted octanol–water partition coefficient (Wildman–Crippen LogP) is 1.06. The minimum atomic E-state index is -0.784. The van der Waals surface area contributed by atoms with Gasteiger partial charge in [-0.3, -0.25) is 4.79 Å². The molecule has 1 aromatic heterocycles. The monoisotopic (exact) mass is 164 g/mol. The Labute approximate surface area is 66.8 Å². The summed E-state index contributed by atoms with van der Waals surface area (Å²) in [5.41, 5.74) is -0.330. The molecule has 1 aromatic carbocycles. The standard InChI is InChI=1S/C8H5FN2O/c9-7-5-3-1-2-4-6(5)10-11-8(7)12/h1-4H,(H,11,12). The number of nitrogens with zero attached hydrogens (tertiary/aromatic N) is 1. The van der Waals surface area contributed by atoms with E-state index in [0.29, 0.717) is 5.52 Å². The van der Waals surface area contributed by atoms with Gasteiger partial charge in [0.05, 0.1) is 5.52 Å². The number of aromatic nitrogens is 2. The number of para-hydroxylation sites is 1. The molecule has 0 atom stereocenters. The summed E-state index contributed by atoms with van der Waals surface area (Å²) >= 11 is 0. The van der Waals surface area contributed by atoms with E-state index in [1.807, 2.05) is 0 Å². The van der Waals surface area contributed by atoms with Gasteiger partial charge in [0.2, 0.25) is 0 Å². The fourth-order valence-corrected chi connectivity index (χ4v) is 1.04. The minimum Gasteiger partial charge on any atom is -0.265 e. The minimum absolute atomic E-state index is 0.251. The van der Waals surface area contributed by atoms with E-state index in [2.05, 4.69) is 10.2 Å². The number of hydrogen-bond donors (Lipinski definition) is 1. The summed E-state index contributed by atoms with van der Waals surface area (Å²) in [7, 11) is 0. The Morgan fingerprint density at radius 2 is 2.08 bits per heavy atom. The van der Waals surface area contributed by atoms with Gasteiger partial charge in [-0.25, -0.2) is 9.49 Å². The lowest BCUT2D eigenvalue weighted by molar-refractivity contribution is 0.615. The third-order valence-corrected chi connectivity index (χ3v) is 1.62. The first-order chi connectivity index (χ1) is 5.79. The Morgan fingerprint density at radius 3 is 2.92 bits per heavy atom. The maximum absolute atomic E-state index is 13.0. The average molecular weight is 164 g/mol. The molecule has 4 heteroatoms. The van der Waals surface area contributed by atoms with Gasteiger partial charge >= 0.3 is 5.56 Å². The highest BCUT2D eigenvalue weighted by Gasteiger charge is 2.03. The van der Waals surface area contributed by atoms with Crippen LogP contribution in [0.4, 0.5) is 4.39 Å². The first-order valence-corrected chi connectivity index (χ1v) is 3.42. The van der Waals surface area contributed by atoms with Gasteiger partial charge in [0.25, 0.3) is 0 Å². The molecule has 60 valence electrons. The van der Waals surface area contributed by atoms with Crippen molar-refractivity contribution in [2.45, 2.75) is 0 Å². The SMILES string of the molecule is O=c1[nH]nc2ccccc2c1F. The van der Waals surface area contributed by atoms with Crippen molar-refractivity contribution < 1.29 is 4.39 Å². The van der Waals surface area contributed by atoms with E-state index in [9.17, 15) is 9.18 Å². The Morgan fingerprint density at radius 1 is 1.33 bits per heavy atom. The molecule has 12 heavy (non-hydrogen) atoms. The van der Waals surface area contributed by atoms with E-state index in [-0.39, 0.29) is 5.39 Å². The van der Waals surface area contributed by atoms with Crippen molar-refractivity contribution in [3.05, 3.63) is 40.4 Å². The van der Waals surface area contributed by atoms with Gasteiger partial charge in [0.1, 0.15) is 0 Å². The molecule has 0 unspecified atom stereocenters. The van der Waals surface area contributed by atoms with Crippen LogP contribution in [0, 0.1) is 5.82 Å². The van der Waals surface area contributed by atoms with Crippen LogP contribution in [0.2, 0.25) is 0 Å². The lowest BCUT2D eigenvalue weighted by atomic mass is 10.2. The summed E-state index contributed by atoms with van der Waals surface area (Å²) in [4.78, 5) is 10.7. The highest BCUT2D eigenvalue weighted by molar-refractivity contribution is 5.77. The highest BCUT2D eigenvalue weighted by atomic mass is 19.1. The number of fused-ring (bicyclic) bond motifs is 1. The molecule has 2 aromatic rings. The molecule has 0 aliphatic rings. The van der Waals surface area contributed by atoms with Crippen molar-refractivity contribution >= 4 is 10.9 Å². The molecule has 0 aliphatic heterocycles. The van der Waals surface area contributed by atoms with E-state index >= 15 is 0 Å². The Hall–Kier alpha value is -1.71. The molecule has 3 nitrogen and oxygen atoms in total. The lowest BCUT2D eigenvalue weighted by Crippen LogP contribution is -2.12. The third-order valence-electron chi connectivity index (χ3n) is 1.62. The fraction of sp³-hybridized carbons (Fsp3) is 0. The van der Waals surface area contributed by atoms with Crippen LogP contribution >= 0.6 is 0 Å². The lowest BCUT2D eigenvalue weighted by Gasteiger charge is -1.94. The van der Waals surface area contributed by atoms with Gasteiger partial charge in [0, 0.05) is 5.39 Å². The second-order valence-electron chi connectivity index (χ2n) is 2.38. The Bertz CT molecular complexity index is 478. The zero-order valence-electron chi connectivity index (χ0n) is 6.04. The summed E-state index contributed by atoms with van der Waals surface area (Å²) < 4.78 is 13.0. The van der Waals surface area contributed by atoms with Crippen molar-refractivity contribution in [3.8, 4) is 0 Å². The van der Waals surface area contributed by atoms with E-state index in [0.717, 1.165) is 0 Å². The second-order valence-corrected chi connectivity index (χ2v) is 2.38. The summed E-state index contributed by atoms with van der Waals surface area (Å²) in [5, 5.41) is 5.98. The van der Waals surface area contributed by atoms with Crippen molar-refractivity contribution in [2.24, 2.45) is 0 Å². The Kier molecular flexibility index (Phi) is 1.40. The zero-order chi connectivity index (χ0) is 8.55. The van der Waals surface area contributed by atoms with Crippen LogP contribution < -0.4 is 5.56 Å². The maximum atomic E-state index is 13.0. The second kappa shape index (κ2) is 2.41. The van der Waals surface area contributed by atoms with Crippen molar-refractivity contribution in [3.63, 3.8) is 0 Å². The molecule has 0 amide bonds. The summed E-state index contributed by atoms with van der Waals surface area (Å²) in [6, 6.07) is 6.54. The number of halogens is 1. The van der Waals surface area contributed by atoms with Crippen LogP contribution in [0.25, 0.3) is 10.9 Å². The van der Waals surface area contributed by atoms with E-state index < -0.39 is 11.4 Å². The first-order valence-electron chi connectivity index (χ1n) is 3.42. The molecule has 0 saturated carbocycles. The van der Waals surface area contributed by atoms with Crippen molar-refractivity contribution in [1.82, 2.24) is 10.2 Å². The summed E-state index contributed by atoms with van der Waals surface area (Å²) in [6.45, 7) is 0. The quantitative estimate of drug-likeness (QED) is 0.632. The predicted molar refractivity (Wildman–Crippen MR) is 42.3 cm³/mol. The van der Waals surface area contributed by atoms with Crippen LogP contribution in [0.1, 0.15) is 0 Å². The van der Waals surface area contributed by atoms with Crippen LogP contribution in [0.5, 0.6) is 0 Å². The van der Waals surface area contributed by atoms with E-state index in [1.54, 1.807) is 18.2 Å². The third kappa shape index (κ3) is 0.887. The zero-order valence-corrected chi connectivity index (χ0v) is 6.04. The van der Waals surface area contributed by atoms with Crippen LogP contribution in [0.15, 0.2) is 29.1 Å². The number of hydrogen-bond acceptors (Lipinski definition) is 2. The molecule has 1 N–H and O–H groups in total. The molecule has 0 aliphatic carbocycles.